The number of carbonyl (C=O) groups excluding carboxylic acids is 1. The summed E-state index contributed by atoms with van der Waals surface area (Å²) < 4.78 is 11.8. The first-order chi connectivity index (χ1) is 15.9. The predicted octanol–water partition coefficient (Wildman–Crippen LogP) is 3.55. The number of halogens is 1. The lowest BCUT2D eigenvalue weighted by molar-refractivity contribution is 0.0827. The SMILES string of the molecule is CN(C)C(=O)c1cc(CN2CCc3cc(Cl)ccc32)c2oc(N3CCOCC3)cc(=O)c2c1. The van der Waals surface area contributed by atoms with Crippen LogP contribution in [0, 0.1) is 0 Å². The van der Waals surface area contributed by atoms with Gasteiger partial charge in [-0.05, 0) is 42.3 Å². The molecular weight excluding hydrogens is 442 g/mol. The number of hydrogen-bond donors (Lipinski definition) is 0. The van der Waals surface area contributed by atoms with Crippen LogP contribution in [0.3, 0.4) is 0 Å². The zero-order valence-electron chi connectivity index (χ0n) is 18.8. The molecule has 0 saturated carbocycles. The minimum atomic E-state index is -0.152. The topological polar surface area (TPSA) is 66.2 Å². The maximum absolute atomic E-state index is 13.1. The van der Waals surface area contributed by atoms with Gasteiger partial charge in [0.1, 0.15) is 5.58 Å². The van der Waals surface area contributed by atoms with Crippen LogP contribution < -0.4 is 15.2 Å². The van der Waals surface area contributed by atoms with Gasteiger partial charge in [0.05, 0.1) is 18.6 Å². The highest BCUT2D eigenvalue weighted by Gasteiger charge is 2.24. The number of ether oxygens (including phenoxy) is 1. The summed E-state index contributed by atoms with van der Waals surface area (Å²) in [6, 6.07) is 10.9. The third-order valence-corrected chi connectivity index (χ3v) is 6.50. The highest BCUT2D eigenvalue weighted by molar-refractivity contribution is 6.30. The Morgan fingerprint density at radius 3 is 2.64 bits per heavy atom. The van der Waals surface area contributed by atoms with Gasteiger partial charge in [0.25, 0.3) is 5.91 Å². The summed E-state index contributed by atoms with van der Waals surface area (Å²) in [7, 11) is 3.41. The summed E-state index contributed by atoms with van der Waals surface area (Å²) in [5, 5.41) is 1.14. The molecule has 3 heterocycles. The molecule has 2 aliphatic heterocycles. The van der Waals surface area contributed by atoms with Gasteiger partial charge < -0.3 is 23.9 Å². The zero-order valence-corrected chi connectivity index (χ0v) is 19.5. The average Bonchev–Trinajstić information content (AvgIpc) is 3.20. The van der Waals surface area contributed by atoms with Gasteiger partial charge in [-0.25, -0.2) is 0 Å². The Kier molecular flexibility index (Phi) is 5.76. The van der Waals surface area contributed by atoms with E-state index >= 15 is 0 Å². The molecule has 33 heavy (non-hydrogen) atoms. The van der Waals surface area contributed by atoms with Crippen molar-refractivity contribution in [3.05, 3.63) is 68.3 Å². The van der Waals surface area contributed by atoms with Crippen LogP contribution in [0.4, 0.5) is 11.6 Å². The van der Waals surface area contributed by atoms with Crippen molar-refractivity contribution in [1.29, 1.82) is 0 Å². The number of fused-ring (bicyclic) bond motifs is 2. The highest BCUT2D eigenvalue weighted by Crippen LogP contribution is 2.33. The maximum Gasteiger partial charge on any atom is 0.253 e. The molecule has 8 heteroatoms. The van der Waals surface area contributed by atoms with Crippen LogP contribution in [0.5, 0.6) is 0 Å². The zero-order chi connectivity index (χ0) is 23.1. The van der Waals surface area contributed by atoms with E-state index in [1.165, 1.54) is 16.5 Å². The molecule has 1 amide bonds. The van der Waals surface area contributed by atoms with E-state index in [0.29, 0.717) is 55.3 Å². The number of nitrogens with zero attached hydrogens (tertiary/aromatic N) is 3. The highest BCUT2D eigenvalue weighted by atomic mass is 35.5. The first-order valence-corrected chi connectivity index (χ1v) is 11.5. The van der Waals surface area contributed by atoms with Crippen LogP contribution in [0.25, 0.3) is 11.0 Å². The molecule has 0 spiro atoms. The molecule has 0 unspecified atom stereocenters. The molecule has 1 fully saturated rings. The van der Waals surface area contributed by atoms with E-state index in [1.807, 2.05) is 29.2 Å². The largest absolute Gasteiger partial charge is 0.440 e. The van der Waals surface area contributed by atoms with E-state index in [-0.39, 0.29) is 11.3 Å². The number of amides is 1. The van der Waals surface area contributed by atoms with Crippen molar-refractivity contribution < 1.29 is 13.9 Å². The van der Waals surface area contributed by atoms with Crippen molar-refractivity contribution in [2.24, 2.45) is 0 Å². The van der Waals surface area contributed by atoms with Crippen molar-refractivity contribution in [2.75, 3.05) is 56.7 Å². The summed E-state index contributed by atoms with van der Waals surface area (Å²) >= 11 is 6.18. The van der Waals surface area contributed by atoms with Gasteiger partial charge in [-0.1, -0.05) is 11.6 Å². The lowest BCUT2D eigenvalue weighted by Gasteiger charge is -2.27. The van der Waals surface area contributed by atoms with E-state index < -0.39 is 0 Å². The summed E-state index contributed by atoms with van der Waals surface area (Å²) in [5.74, 6) is 0.390. The minimum Gasteiger partial charge on any atom is -0.440 e. The van der Waals surface area contributed by atoms with Crippen molar-refractivity contribution in [2.45, 2.75) is 13.0 Å². The second-order valence-electron chi connectivity index (χ2n) is 8.70. The quantitative estimate of drug-likeness (QED) is 0.584. The van der Waals surface area contributed by atoms with Crippen LogP contribution in [-0.4, -0.2) is 57.8 Å². The Labute approximate surface area is 197 Å². The number of hydrogen-bond acceptors (Lipinski definition) is 6. The fraction of sp³-hybridized carbons (Fsp3) is 0.360. The predicted molar refractivity (Wildman–Crippen MR) is 130 cm³/mol. The normalized spacial score (nSPS) is 15.7. The Morgan fingerprint density at radius 1 is 1.09 bits per heavy atom. The lowest BCUT2D eigenvalue weighted by Crippen LogP contribution is -2.36. The third-order valence-electron chi connectivity index (χ3n) is 6.26. The summed E-state index contributed by atoms with van der Waals surface area (Å²) in [6.45, 7) is 3.88. The maximum atomic E-state index is 13.1. The van der Waals surface area contributed by atoms with Gasteiger partial charge in [0.2, 0.25) is 0 Å². The van der Waals surface area contributed by atoms with Crippen molar-refractivity contribution >= 4 is 40.0 Å². The average molecular weight is 468 g/mol. The molecule has 0 N–H and O–H groups in total. The molecule has 0 bridgehead atoms. The Hall–Kier alpha value is -3.03. The van der Waals surface area contributed by atoms with Crippen LogP contribution in [0.1, 0.15) is 21.5 Å². The molecule has 7 nitrogen and oxygen atoms in total. The van der Waals surface area contributed by atoms with Crippen molar-refractivity contribution in [1.82, 2.24) is 4.90 Å². The first-order valence-electron chi connectivity index (χ1n) is 11.1. The standard InChI is InChI=1S/C25H26ClN3O4/c1-27(2)25(31)17-11-18(15-29-6-5-16-12-19(26)3-4-21(16)29)24-20(13-17)22(30)14-23(33-24)28-7-9-32-10-8-28/h3-4,11-14H,5-10,15H2,1-2H3. The fourth-order valence-corrected chi connectivity index (χ4v) is 4.76. The number of benzene rings is 2. The molecule has 2 aliphatic rings. The Bertz CT molecular complexity index is 1280. The molecule has 0 aliphatic carbocycles. The number of carbonyl (C=O) groups is 1. The molecular formula is C25H26ClN3O4. The molecule has 172 valence electrons. The molecule has 2 aromatic carbocycles. The van der Waals surface area contributed by atoms with Crippen molar-refractivity contribution in [3.63, 3.8) is 0 Å². The third kappa shape index (κ3) is 4.18. The van der Waals surface area contributed by atoms with Gasteiger partial charge in [0.15, 0.2) is 11.3 Å². The second kappa shape index (κ2) is 8.72. The Morgan fingerprint density at radius 2 is 1.88 bits per heavy atom. The van der Waals surface area contributed by atoms with E-state index in [1.54, 1.807) is 20.2 Å². The lowest BCUT2D eigenvalue weighted by atomic mass is 10.0. The molecule has 0 atom stereocenters. The fourth-order valence-electron chi connectivity index (χ4n) is 4.56. The van der Waals surface area contributed by atoms with E-state index in [4.69, 9.17) is 20.8 Å². The summed E-state index contributed by atoms with van der Waals surface area (Å²) in [6.07, 6.45) is 0.896. The van der Waals surface area contributed by atoms with Crippen LogP contribution in [0.15, 0.2) is 45.6 Å². The van der Waals surface area contributed by atoms with Gasteiger partial charge in [0, 0.05) is 68.2 Å². The van der Waals surface area contributed by atoms with Gasteiger partial charge >= 0.3 is 0 Å². The van der Waals surface area contributed by atoms with E-state index in [2.05, 4.69) is 4.90 Å². The Balaban J connectivity index is 1.62. The monoisotopic (exact) mass is 467 g/mol. The van der Waals surface area contributed by atoms with E-state index in [0.717, 1.165) is 29.2 Å². The van der Waals surface area contributed by atoms with Gasteiger partial charge in [-0.2, -0.15) is 0 Å². The van der Waals surface area contributed by atoms with E-state index in [9.17, 15) is 9.59 Å². The molecule has 1 aromatic heterocycles. The second-order valence-corrected chi connectivity index (χ2v) is 9.14. The number of rotatable bonds is 4. The first kappa shape index (κ1) is 21.8. The number of morpholine rings is 1. The van der Waals surface area contributed by atoms with Crippen molar-refractivity contribution in [3.8, 4) is 0 Å². The van der Waals surface area contributed by atoms with Crippen LogP contribution in [-0.2, 0) is 17.7 Å². The summed E-state index contributed by atoms with van der Waals surface area (Å²) in [4.78, 5) is 31.7. The van der Waals surface area contributed by atoms with Crippen LogP contribution >= 0.6 is 11.6 Å². The smallest absolute Gasteiger partial charge is 0.253 e. The molecule has 5 rings (SSSR count). The van der Waals surface area contributed by atoms with Gasteiger partial charge in [-0.3, -0.25) is 9.59 Å². The summed E-state index contributed by atoms with van der Waals surface area (Å²) in [5.41, 5.74) is 3.98. The minimum absolute atomic E-state index is 0.150. The van der Waals surface area contributed by atoms with Gasteiger partial charge in [-0.15, -0.1) is 0 Å². The molecule has 3 aromatic rings. The molecule has 0 radical (unpaired) electrons. The number of anilines is 2. The molecule has 1 saturated heterocycles. The van der Waals surface area contributed by atoms with Crippen LogP contribution in [0.2, 0.25) is 5.02 Å².